The van der Waals surface area contributed by atoms with Gasteiger partial charge in [0, 0.05) is 58.7 Å². The lowest BCUT2D eigenvalue weighted by atomic mass is 9.89. The number of ether oxygens (including phenoxy) is 3. The Kier molecular flexibility index (Phi) is 30.2. The van der Waals surface area contributed by atoms with Crippen LogP contribution in [0.1, 0.15) is 123 Å². The van der Waals surface area contributed by atoms with Gasteiger partial charge in [-0.25, -0.2) is 20.5 Å². The van der Waals surface area contributed by atoms with E-state index in [1.807, 2.05) is 70.3 Å². The molecule has 488 valence electrons. The zero-order chi connectivity index (χ0) is 65.4. The lowest BCUT2D eigenvalue weighted by Gasteiger charge is -2.41. The number of rotatable bonds is 35. The topological polar surface area (TPSA) is 337 Å². The molecule has 88 heavy (non-hydrogen) atoms. The van der Waals surface area contributed by atoms with Gasteiger partial charge in [0.25, 0.3) is 0 Å². The number of primary amides is 1. The van der Waals surface area contributed by atoms with E-state index >= 15 is 0 Å². The van der Waals surface area contributed by atoms with E-state index in [4.69, 9.17) is 25.8 Å². The van der Waals surface area contributed by atoms with Gasteiger partial charge in [0.2, 0.25) is 41.4 Å². The fraction of sp³-hybridized carbons (Fsp3) is 0.613. The number of thiazole rings is 1. The van der Waals surface area contributed by atoms with Gasteiger partial charge in [-0.1, -0.05) is 111 Å². The van der Waals surface area contributed by atoms with Crippen LogP contribution in [0, 0.1) is 29.6 Å². The van der Waals surface area contributed by atoms with Gasteiger partial charge in [-0.2, -0.15) is 0 Å². The molecule has 3 aromatic rings. The molecule has 2 aromatic carbocycles. The first-order valence-electron chi connectivity index (χ1n) is 30.2. The number of likely N-dealkylation sites (tertiary alicyclic amines) is 1. The summed E-state index contributed by atoms with van der Waals surface area (Å²) in [5.41, 5.74) is 7.13. The zero-order valence-electron chi connectivity index (χ0n) is 53.4. The fourth-order valence-electron chi connectivity index (χ4n) is 11.1. The lowest BCUT2D eigenvalue weighted by molar-refractivity contribution is -0.148. The summed E-state index contributed by atoms with van der Waals surface area (Å²) in [4.78, 5) is 136. The van der Waals surface area contributed by atoms with Gasteiger partial charge < -0.3 is 61.6 Å². The predicted octanol–water partition coefficient (Wildman–Crippen LogP) is 4.80. The van der Waals surface area contributed by atoms with Crippen LogP contribution in [0.2, 0.25) is 0 Å². The first kappa shape index (κ1) is 73.2. The van der Waals surface area contributed by atoms with Crippen LogP contribution in [0.3, 0.4) is 0 Å². The van der Waals surface area contributed by atoms with Crippen LogP contribution in [-0.2, 0) is 65.6 Å². The molecule has 1 saturated heterocycles. The number of benzene rings is 2. The summed E-state index contributed by atoms with van der Waals surface area (Å²) in [5, 5.41) is 19.3. The molecule has 1 aliphatic heterocycles. The molecular weight excluding hydrogens is 1150 g/mol. The fourth-order valence-corrected chi connectivity index (χ4v) is 11.8. The SMILES string of the molecule is CC[C@H](C)[C@@H]([C@@H](CC(=O)N1CCC[C@H]1[C@H](OC)[C@@H](C)C(=O)N[C@@H](Cc1ccccc1)c1nccs1)OC)N(C)C(=O)[C@@H](NC(=O)C(C(C)C)N(C)C(=O)OCc1ccc(NC(=O)[C@H](CCCNC(N)=O)NC(=O)C(NC(=O)CON)C(C)C)cc1)C(C)C. The second kappa shape index (κ2) is 36.3. The monoisotopic (exact) mass is 1250 g/mol. The number of hydrogen-bond acceptors (Lipinski definition) is 16. The Morgan fingerprint density at radius 3 is 2.01 bits per heavy atom. The van der Waals surface area contributed by atoms with E-state index in [-0.39, 0.29) is 62.1 Å². The van der Waals surface area contributed by atoms with Gasteiger partial charge >= 0.3 is 12.1 Å². The van der Waals surface area contributed by atoms with Crippen LogP contribution in [0.4, 0.5) is 15.3 Å². The summed E-state index contributed by atoms with van der Waals surface area (Å²) in [7, 11) is 6.16. The van der Waals surface area contributed by atoms with Crippen molar-refractivity contribution in [3.8, 4) is 0 Å². The summed E-state index contributed by atoms with van der Waals surface area (Å²) < 4.78 is 17.9. The quantitative estimate of drug-likeness (QED) is 0.0290. The summed E-state index contributed by atoms with van der Waals surface area (Å²) in [6, 6.07) is 9.90. The molecule has 2 heterocycles. The van der Waals surface area contributed by atoms with Crippen molar-refractivity contribution in [1.29, 1.82) is 0 Å². The molecule has 2 unspecified atom stereocenters. The number of nitrogens with two attached hydrogens (primary N) is 2. The van der Waals surface area contributed by atoms with Crippen molar-refractivity contribution in [1.82, 2.24) is 46.3 Å². The molecule has 26 heteroatoms. The standard InChI is InChI=1S/C62H96N12O13S/c1-14-39(8)53(47(84-12)33-49(76)74-30-19-23-46(74)54(85-13)40(9)55(77)69-45(59-65-29-31-88-59)32-41-20-16-15-17-21-41)72(10)60(81)51(37(4)5)71-58(80)52(38(6)7)73(11)62(83)86-34-42-24-26-43(27-25-42)67-56(78)44(22-18-28-66-61(63)82)68-57(79)50(36(2)3)70-48(75)35-87-64/h15-17,20-21,24-27,29,31,36-40,44-47,50-54H,14,18-19,22-23,28,30,32-35,64H2,1-13H3,(H,67,78)(H,68,79)(H,69,77)(H,70,75)(H,71,80)(H3,63,66,82)/t39-,40+,44-,45-,46-,47+,50?,51-,52?,53-,54+/m0/s1. The molecule has 0 radical (unpaired) electrons. The Bertz CT molecular complexity index is 2720. The zero-order valence-corrected chi connectivity index (χ0v) is 54.2. The number of amides is 10. The third kappa shape index (κ3) is 21.5. The minimum absolute atomic E-state index is 0.0697. The Balaban J connectivity index is 1.42. The molecule has 11 atom stereocenters. The number of aromatic nitrogens is 1. The molecule has 4 rings (SSSR count). The maximum absolute atomic E-state index is 14.8. The Morgan fingerprint density at radius 1 is 0.773 bits per heavy atom. The molecule has 10 amide bonds. The molecule has 1 fully saturated rings. The summed E-state index contributed by atoms with van der Waals surface area (Å²) in [6.45, 7) is 16.3. The molecule has 0 spiro atoms. The van der Waals surface area contributed by atoms with Crippen LogP contribution in [0.5, 0.6) is 0 Å². The van der Waals surface area contributed by atoms with Gasteiger partial charge in [0.15, 0.2) is 0 Å². The number of carbonyl (C=O) groups is 9. The van der Waals surface area contributed by atoms with E-state index in [1.165, 1.54) is 30.4 Å². The van der Waals surface area contributed by atoms with Crippen LogP contribution in [0.15, 0.2) is 66.2 Å². The third-order valence-electron chi connectivity index (χ3n) is 16.1. The van der Waals surface area contributed by atoms with E-state index in [2.05, 4.69) is 41.7 Å². The first-order chi connectivity index (χ1) is 41.8. The second-order valence-electron chi connectivity index (χ2n) is 23.6. The third-order valence-corrected chi connectivity index (χ3v) is 17.0. The van der Waals surface area contributed by atoms with Gasteiger partial charge in [0.05, 0.1) is 42.7 Å². The van der Waals surface area contributed by atoms with Crippen molar-refractivity contribution >= 4 is 70.5 Å². The number of likely N-dealkylation sites (N-methyl/N-ethyl adjacent to an activating group) is 2. The maximum Gasteiger partial charge on any atom is 0.410 e. The minimum Gasteiger partial charge on any atom is -0.445 e. The smallest absolute Gasteiger partial charge is 0.410 e. The highest BCUT2D eigenvalue weighted by molar-refractivity contribution is 7.09. The lowest BCUT2D eigenvalue weighted by Crippen LogP contribution is -2.60. The molecular formula is C62H96N12O13S. The van der Waals surface area contributed by atoms with Gasteiger partial charge in [-0.15, -0.1) is 11.3 Å². The number of anilines is 1. The second-order valence-corrected chi connectivity index (χ2v) is 24.5. The van der Waals surface area contributed by atoms with Crippen molar-refractivity contribution < 1.29 is 62.2 Å². The highest BCUT2D eigenvalue weighted by Crippen LogP contribution is 2.31. The molecule has 0 aliphatic carbocycles. The van der Waals surface area contributed by atoms with Crippen LogP contribution in [-0.4, -0.2) is 170 Å². The summed E-state index contributed by atoms with van der Waals surface area (Å²) >= 11 is 1.47. The number of nitrogens with one attached hydrogen (secondary N) is 6. The number of carbonyl (C=O) groups excluding carboxylic acids is 9. The average molecular weight is 1250 g/mol. The van der Waals surface area contributed by atoms with Gasteiger partial charge in [-0.3, -0.25) is 43.3 Å². The molecule has 1 aliphatic rings. The maximum atomic E-state index is 14.8. The molecule has 10 N–H and O–H groups in total. The van der Waals surface area contributed by atoms with Gasteiger partial charge in [0.1, 0.15) is 42.4 Å². The largest absolute Gasteiger partial charge is 0.445 e. The van der Waals surface area contributed by atoms with Crippen molar-refractivity contribution in [3.63, 3.8) is 0 Å². The molecule has 0 bridgehead atoms. The molecule has 1 aromatic heterocycles. The Morgan fingerprint density at radius 2 is 1.44 bits per heavy atom. The van der Waals surface area contributed by atoms with Crippen LogP contribution >= 0.6 is 11.3 Å². The summed E-state index contributed by atoms with van der Waals surface area (Å²) in [6.07, 6.45) is 2.32. The van der Waals surface area contributed by atoms with E-state index in [9.17, 15) is 43.2 Å². The number of urea groups is 1. The van der Waals surface area contributed by atoms with Crippen molar-refractivity contribution in [2.24, 2.45) is 41.2 Å². The minimum atomic E-state index is -1.10. The van der Waals surface area contributed by atoms with E-state index in [0.717, 1.165) is 10.6 Å². The Labute approximate surface area is 522 Å². The number of hydrogen-bond donors (Lipinski definition) is 8. The summed E-state index contributed by atoms with van der Waals surface area (Å²) in [5.74, 6) is -0.250. The predicted molar refractivity (Wildman–Crippen MR) is 333 cm³/mol. The van der Waals surface area contributed by atoms with Crippen LogP contribution in [0.25, 0.3) is 0 Å². The Hall–Kier alpha value is -7.26. The molecule has 0 saturated carbocycles. The average Bonchev–Trinajstić information content (AvgIpc) is 2.41. The van der Waals surface area contributed by atoms with Crippen molar-refractivity contribution in [2.75, 3.05) is 53.3 Å². The first-order valence-corrected chi connectivity index (χ1v) is 31.1. The van der Waals surface area contributed by atoms with Crippen molar-refractivity contribution in [2.45, 2.75) is 168 Å². The number of nitrogens with zero attached hydrogens (tertiary/aromatic N) is 4. The molecule has 25 nitrogen and oxygen atoms in total. The normalized spacial score (nSPS) is 16.6. The van der Waals surface area contributed by atoms with Crippen LogP contribution < -0.4 is 43.5 Å². The van der Waals surface area contributed by atoms with E-state index < -0.39 is 114 Å². The van der Waals surface area contributed by atoms with Gasteiger partial charge in [-0.05, 0) is 79.0 Å². The highest BCUT2D eigenvalue weighted by Gasteiger charge is 2.44. The highest BCUT2D eigenvalue weighted by atomic mass is 32.1. The number of methoxy groups -OCH3 is 2. The van der Waals surface area contributed by atoms with E-state index in [1.54, 1.807) is 82.1 Å². The van der Waals surface area contributed by atoms with E-state index in [0.29, 0.717) is 43.5 Å². The van der Waals surface area contributed by atoms with Crippen molar-refractivity contribution in [3.05, 3.63) is 82.3 Å².